The van der Waals surface area contributed by atoms with Crippen LogP contribution in [0.15, 0.2) is 67.9 Å². The lowest BCUT2D eigenvalue weighted by molar-refractivity contribution is 1.14. The monoisotopic (exact) mass is 974 g/mol. The van der Waals surface area contributed by atoms with Crippen LogP contribution in [0.5, 0.6) is 0 Å². The highest BCUT2D eigenvalue weighted by Gasteiger charge is 2.08. The third-order valence-corrected chi connectivity index (χ3v) is 7.77. The van der Waals surface area contributed by atoms with Crippen molar-refractivity contribution in [2.24, 2.45) is 0 Å². The van der Waals surface area contributed by atoms with Crippen molar-refractivity contribution < 1.29 is 0 Å². The number of hydrogen-bond acceptors (Lipinski definition) is 11. The van der Waals surface area contributed by atoms with Crippen LogP contribution in [0.4, 0.5) is 17.5 Å². The number of nitrogens with one attached hydrogen (secondary N) is 1. The quantitative estimate of drug-likeness (QED) is 0.0852. The number of nitrogens with zero attached hydrogens (tertiary/aromatic N) is 8. The van der Waals surface area contributed by atoms with Crippen LogP contribution in [-0.2, 0) is 0 Å². The molecule has 12 nitrogen and oxygen atoms in total. The molecular formula is C32H50Br4N12Si2. The molecule has 0 aromatic carbocycles. The molecule has 18 heteroatoms. The molecule has 0 unspecified atom stereocenters. The van der Waals surface area contributed by atoms with E-state index in [0.29, 0.717) is 37.0 Å². The molecule has 5 rings (SSSR count). The van der Waals surface area contributed by atoms with Gasteiger partial charge in [-0.15, -0.1) is 17.5 Å². The molecule has 0 aliphatic rings. The third-order valence-electron chi connectivity index (χ3n) is 4.30. The van der Waals surface area contributed by atoms with Gasteiger partial charge in [-0.25, -0.2) is 34.9 Å². The Kier molecular flexibility index (Phi) is 28.4. The number of nitrogen functional groups attached to an aromatic ring is 3. The van der Waals surface area contributed by atoms with Crippen molar-refractivity contribution in [3.63, 3.8) is 0 Å². The predicted molar refractivity (Wildman–Crippen MR) is 233 cm³/mol. The van der Waals surface area contributed by atoms with Crippen molar-refractivity contribution >= 4 is 108 Å². The van der Waals surface area contributed by atoms with Crippen molar-refractivity contribution in [2.75, 3.05) is 17.2 Å². The van der Waals surface area contributed by atoms with Crippen LogP contribution >= 0.6 is 63.7 Å². The molecule has 0 fully saturated rings. The van der Waals surface area contributed by atoms with Gasteiger partial charge in [0.25, 0.3) is 0 Å². The summed E-state index contributed by atoms with van der Waals surface area (Å²) in [5.41, 5.74) is 24.4. The lowest BCUT2D eigenvalue weighted by atomic mass is 10.4. The van der Waals surface area contributed by atoms with Crippen molar-refractivity contribution in [1.29, 1.82) is 0 Å². The number of aromatic nitrogens is 9. The Bertz CT molecular complexity index is 1780. The third kappa shape index (κ3) is 24.8. The Hall–Kier alpha value is -3.27. The van der Waals surface area contributed by atoms with Gasteiger partial charge in [-0.3, -0.25) is 4.98 Å². The van der Waals surface area contributed by atoms with E-state index < -0.39 is 16.1 Å². The molecule has 0 amide bonds. The highest BCUT2D eigenvalue weighted by molar-refractivity contribution is 9.11. The molecule has 274 valence electrons. The second kappa shape index (κ2) is 26.5. The van der Waals surface area contributed by atoms with E-state index in [9.17, 15) is 0 Å². The van der Waals surface area contributed by atoms with Gasteiger partial charge < -0.3 is 22.2 Å². The fourth-order valence-electron chi connectivity index (χ4n) is 2.19. The molecule has 0 bridgehead atoms. The smallest absolute Gasteiger partial charge is 0.158 e. The summed E-state index contributed by atoms with van der Waals surface area (Å²) in [6, 6.07) is 1.88. The summed E-state index contributed by atoms with van der Waals surface area (Å²) in [5.74, 6) is 4.23. The number of terminal acetylenes is 1. The highest BCUT2D eigenvalue weighted by atomic mass is 79.9. The van der Waals surface area contributed by atoms with Gasteiger partial charge in [0.05, 0.1) is 24.8 Å². The SMILES string of the molecule is Brc1cnc2[nH]ccc2n1.C.C.C.C.C#C[Si](C)(C)C.C[Si](C)(C)C#Cc1nc(Br)cnc1N.Nc1cnccn1.Nc1ncc(Br)nc1Br. The van der Waals surface area contributed by atoms with E-state index in [-0.39, 0.29) is 29.7 Å². The summed E-state index contributed by atoms with van der Waals surface area (Å²) in [5, 5.41) is 0. The summed E-state index contributed by atoms with van der Waals surface area (Å²) in [6.07, 6.45) is 16.3. The van der Waals surface area contributed by atoms with Crippen LogP contribution in [0.3, 0.4) is 0 Å². The molecule has 5 aromatic rings. The zero-order valence-corrected chi connectivity index (χ0v) is 34.4. The van der Waals surface area contributed by atoms with E-state index in [4.69, 9.17) is 23.6 Å². The second-order valence-electron chi connectivity index (χ2n) is 10.7. The minimum atomic E-state index is -1.38. The van der Waals surface area contributed by atoms with E-state index in [0.717, 1.165) is 15.8 Å². The summed E-state index contributed by atoms with van der Waals surface area (Å²) < 4.78 is 2.66. The van der Waals surface area contributed by atoms with Gasteiger partial charge in [0, 0.05) is 18.6 Å². The minimum absolute atomic E-state index is 0. The van der Waals surface area contributed by atoms with Crippen molar-refractivity contribution in [1.82, 2.24) is 44.9 Å². The summed E-state index contributed by atoms with van der Waals surface area (Å²) in [7, 11) is -2.48. The Balaban J connectivity index is -0.000000267. The van der Waals surface area contributed by atoms with Crippen LogP contribution in [0, 0.1) is 23.4 Å². The van der Waals surface area contributed by atoms with Crippen molar-refractivity contribution in [3.8, 4) is 23.4 Å². The summed E-state index contributed by atoms with van der Waals surface area (Å²) in [4.78, 5) is 34.4. The molecule has 0 radical (unpaired) electrons. The molecule has 5 aromatic heterocycles. The van der Waals surface area contributed by atoms with Gasteiger partial charge in [0.1, 0.15) is 45.9 Å². The van der Waals surface area contributed by atoms with E-state index >= 15 is 0 Å². The number of H-pyrrole nitrogens is 1. The van der Waals surface area contributed by atoms with E-state index in [1.807, 2.05) is 12.3 Å². The van der Waals surface area contributed by atoms with Gasteiger partial charge in [-0.1, -0.05) is 74.9 Å². The average Bonchev–Trinajstić information content (AvgIpc) is 3.44. The van der Waals surface area contributed by atoms with Crippen LogP contribution in [0.1, 0.15) is 35.4 Å². The number of halogens is 4. The number of anilines is 3. The predicted octanol–water partition coefficient (Wildman–Crippen LogP) is 9.45. The Morgan fingerprint density at radius 1 is 0.680 bits per heavy atom. The Morgan fingerprint density at radius 3 is 1.64 bits per heavy atom. The molecular weight excluding hydrogens is 928 g/mol. The molecule has 0 spiro atoms. The first-order valence-electron chi connectivity index (χ1n) is 13.1. The number of aromatic amines is 1. The Morgan fingerprint density at radius 2 is 1.20 bits per heavy atom. The largest absolute Gasteiger partial charge is 0.382 e. The topological polar surface area (TPSA) is 197 Å². The molecule has 0 saturated carbocycles. The van der Waals surface area contributed by atoms with Crippen molar-refractivity contribution in [3.05, 3.63) is 73.6 Å². The van der Waals surface area contributed by atoms with Crippen LogP contribution in [-0.4, -0.2) is 61.0 Å². The fraction of sp³-hybridized carbons (Fsp3) is 0.312. The minimum Gasteiger partial charge on any atom is -0.382 e. The first kappa shape index (κ1) is 53.5. The van der Waals surface area contributed by atoms with Gasteiger partial charge in [0.2, 0.25) is 0 Å². The number of rotatable bonds is 0. The number of hydrogen-bond donors (Lipinski definition) is 4. The van der Waals surface area contributed by atoms with Crippen molar-refractivity contribution in [2.45, 2.75) is 69.0 Å². The standard InChI is InChI=1S/C9H12BrN3Si.C6H4BrN3.C5H10Si.C4H3Br2N3.C4H5N3.4CH4/c1-14(2,3)5-4-7-9(11)12-6-8(10)13-7;7-5-3-9-6-4(10-5)1-2-8-6;1-5-6(2,3)4;5-2-1-8-4(7)3(6)9-2;5-4-3-6-1-2-7-4;;;;/h6H,1-3H3,(H2,11,12);1-3H,(H,8,9);1H,2-4H3;1H,(H2,7,8);1-3H,(H2,5,7);4*1H4. The highest BCUT2D eigenvalue weighted by Crippen LogP contribution is 2.15. The van der Waals surface area contributed by atoms with E-state index in [1.54, 1.807) is 31.0 Å². The summed E-state index contributed by atoms with van der Waals surface area (Å²) >= 11 is 12.7. The van der Waals surface area contributed by atoms with Crippen LogP contribution < -0.4 is 17.2 Å². The van der Waals surface area contributed by atoms with E-state index in [1.165, 1.54) is 6.20 Å². The lowest BCUT2D eigenvalue weighted by Gasteiger charge is -2.03. The first-order chi connectivity index (χ1) is 21.4. The molecule has 7 N–H and O–H groups in total. The van der Waals surface area contributed by atoms with Gasteiger partial charge >= 0.3 is 0 Å². The maximum Gasteiger partial charge on any atom is 0.158 e. The second-order valence-corrected chi connectivity index (χ2v) is 23.5. The van der Waals surface area contributed by atoms with Gasteiger partial charge in [-0.05, 0) is 69.8 Å². The van der Waals surface area contributed by atoms with E-state index in [2.05, 4.69) is 165 Å². The molecule has 0 atom stereocenters. The first-order valence-corrected chi connectivity index (χ1v) is 23.3. The average molecular weight is 979 g/mol. The Labute approximate surface area is 334 Å². The molecule has 5 heterocycles. The fourth-order valence-corrected chi connectivity index (χ4v) is 4.07. The number of nitrogens with two attached hydrogens (primary N) is 3. The lowest BCUT2D eigenvalue weighted by Crippen LogP contribution is -2.16. The molecule has 0 aliphatic heterocycles. The molecule has 0 aliphatic carbocycles. The van der Waals surface area contributed by atoms with Gasteiger partial charge in [0.15, 0.2) is 23.0 Å². The van der Waals surface area contributed by atoms with Crippen LogP contribution in [0.25, 0.3) is 11.2 Å². The normalized spacial score (nSPS) is 9.22. The summed E-state index contributed by atoms with van der Waals surface area (Å²) in [6.45, 7) is 12.9. The zero-order chi connectivity index (χ0) is 34.9. The maximum atomic E-state index is 5.64. The molecule has 0 saturated heterocycles. The van der Waals surface area contributed by atoms with Crippen LogP contribution in [0.2, 0.25) is 39.3 Å². The van der Waals surface area contributed by atoms with Gasteiger partial charge in [-0.2, -0.15) is 0 Å². The zero-order valence-electron chi connectivity index (χ0n) is 26.0. The maximum absolute atomic E-state index is 5.64. The number of fused-ring (bicyclic) bond motifs is 1. The molecule has 50 heavy (non-hydrogen) atoms.